The number of carbonyl (C=O) groups excluding carboxylic acids is 2. The highest BCUT2D eigenvalue weighted by Gasteiger charge is 2.23. The Morgan fingerprint density at radius 1 is 1.11 bits per heavy atom. The van der Waals surface area contributed by atoms with E-state index in [0.717, 1.165) is 31.5 Å². The van der Waals surface area contributed by atoms with Crippen LogP contribution in [0, 0.1) is 11.2 Å². The number of pyridine rings is 1. The molecule has 0 radical (unpaired) electrons. The van der Waals surface area contributed by atoms with Gasteiger partial charge in [0.1, 0.15) is 23.2 Å². The van der Waals surface area contributed by atoms with Gasteiger partial charge in [0.05, 0.1) is 28.9 Å². The zero-order valence-electron chi connectivity index (χ0n) is 19.9. The molecule has 4 rings (SSSR count). The summed E-state index contributed by atoms with van der Waals surface area (Å²) in [5.74, 6) is -1.30. The lowest BCUT2D eigenvalue weighted by atomic mass is 10.1. The molecule has 0 atom stereocenters. The summed E-state index contributed by atoms with van der Waals surface area (Å²) in [6, 6.07) is 10.6. The zero-order valence-corrected chi connectivity index (χ0v) is 22.8. The molecule has 2 amide bonds. The minimum Gasteiger partial charge on any atom is -0.495 e. The molecule has 3 N–H and O–H groups in total. The van der Waals surface area contributed by atoms with Crippen LogP contribution in [0.4, 0.5) is 15.9 Å². The highest BCUT2D eigenvalue weighted by Crippen LogP contribution is 2.33. The number of hydrogen-bond donors (Lipinski definition) is 3. The second-order valence-corrected chi connectivity index (χ2v) is 9.56. The van der Waals surface area contributed by atoms with Gasteiger partial charge in [0, 0.05) is 29.3 Å². The highest BCUT2D eigenvalue weighted by atomic mass is 127. The fraction of sp³-hybridized carbons (Fsp3) is 0.231. The van der Waals surface area contributed by atoms with Crippen molar-refractivity contribution in [2.75, 3.05) is 30.8 Å². The number of hydrogen-bond acceptors (Lipinski definition) is 5. The van der Waals surface area contributed by atoms with E-state index in [0.29, 0.717) is 15.0 Å². The number of anilines is 2. The molecule has 1 aliphatic rings. The Morgan fingerprint density at radius 2 is 1.84 bits per heavy atom. The fourth-order valence-electron chi connectivity index (χ4n) is 4.00. The minimum atomic E-state index is -0.766. The molecule has 11 heteroatoms. The first-order chi connectivity index (χ1) is 17.8. The lowest BCUT2D eigenvalue weighted by molar-refractivity contribution is 0.102. The van der Waals surface area contributed by atoms with Gasteiger partial charge in [-0.25, -0.2) is 9.37 Å². The Kier molecular flexibility index (Phi) is 8.59. The first-order valence-electron chi connectivity index (χ1n) is 11.4. The second kappa shape index (κ2) is 11.9. The van der Waals surface area contributed by atoms with Crippen LogP contribution in [0.25, 0.3) is 0 Å². The average Bonchev–Trinajstić information content (AvgIpc) is 3.44. The maximum absolute atomic E-state index is 15.0. The standard InChI is InChI=1S/C26H24ClFIN5O3/c1-37-21-11-15(13-29)10-19(26(36)32-22-7-5-17(27)14-31-22)23(21)33-25(35)18-6-4-16(12-20(18)28)24(30)34-8-2-3-9-34/h4-7,10-12,14,30H,2-3,8-9,13H2,1H3,(H,33,35)(H,31,32,36). The molecule has 1 fully saturated rings. The van der Waals surface area contributed by atoms with Crippen LogP contribution in [0.5, 0.6) is 5.75 Å². The Balaban J connectivity index is 1.63. The number of rotatable bonds is 7. The molecule has 0 unspecified atom stereocenters. The van der Waals surface area contributed by atoms with Crippen LogP contribution in [-0.4, -0.2) is 47.7 Å². The van der Waals surface area contributed by atoms with E-state index in [-0.39, 0.29) is 34.2 Å². The number of halogens is 3. The van der Waals surface area contributed by atoms with E-state index in [1.54, 1.807) is 30.3 Å². The summed E-state index contributed by atoms with van der Waals surface area (Å²) >= 11 is 8.03. The molecule has 2 aromatic carbocycles. The van der Waals surface area contributed by atoms with Gasteiger partial charge in [0.25, 0.3) is 11.8 Å². The van der Waals surface area contributed by atoms with Crippen molar-refractivity contribution in [3.8, 4) is 5.75 Å². The maximum Gasteiger partial charge on any atom is 0.259 e. The summed E-state index contributed by atoms with van der Waals surface area (Å²) in [5, 5.41) is 14.1. The topological polar surface area (TPSA) is 107 Å². The Morgan fingerprint density at radius 3 is 2.46 bits per heavy atom. The summed E-state index contributed by atoms with van der Waals surface area (Å²) in [7, 11) is 1.42. The Labute approximate surface area is 232 Å². The number of amidine groups is 1. The lowest BCUT2D eigenvalue weighted by Gasteiger charge is -2.19. The van der Waals surface area contributed by atoms with Crippen LogP contribution >= 0.6 is 34.2 Å². The first kappa shape index (κ1) is 26.8. The van der Waals surface area contributed by atoms with Crippen LogP contribution in [-0.2, 0) is 4.43 Å². The van der Waals surface area contributed by atoms with Crippen molar-refractivity contribution in [1.29, 1.82) is 5.41 Å². The highest BCUT2D eigenvalue weighted by molar-refractivity contribution is 14.1. The molecule has 0 bridgehead atoms. The first-order valence-corrected chi connectivity index (χ1v) is 13.4. The van der Waals surface area contributed by atoms with E-state index in [9.17, 15) is 9.59 Å². The van der Waals surface area contributed by atoms with Crippen molar-refractivity contribution >= 4 is 63.3 Å². The third-order valence-electron chi connectivity index (χ3n) is 5.90. The van der Waals surface area contributed by atoms with Gasteiger partial charge >= 0.3 is 0 Å². The molecule has 1 saturated heterocycles. The van der Waals surface area contributed by atoms with Crippen LogP contribution in [0.1, 0.15) is 44.7 Å². The zero-order chi connectivity index (χ0) is 26.5. The predicted molar refractivity (Wildman–Crippen MR) is 150 cm³/mol. The van der Waals surface area contributed by atoms with E-state index in [2.05, 4.69) is 38.2 Å². The smallest absolute Gasteiger partial charge is 0.259 e. The number of alkyl halides is 1. The average molecular weight is 636 g/mol. The van der Waals surface area contributed by atoms with E-state index in [4.69, 9.17) is 21.7 Å². The van der Waals surface area contributed by atoms with Gasteiger partial charge in [-0.05, 0) is 54.8 Å². The quantitative estimate of drug-likeness (QED) is 0.133. The predicted octanol–water partition coefficient (Wildman–Crippen LogP) is 5.74. The summed E-state index contributed by atoms with van der Waals surface area (Å²) in [6.07, 6.45) is 3.39. The van der Waals surface area contributed by atoms with Crippen molar-refractivity contribution in [2.24, 2.45) is 0 Å². The van der Waals surface area contributed by atoms with Crippen LogP contribution in [0.15, 0.2) is 48.7 Å². The SMILES string of the molecule is COc1cc(CI)cc(C(=O)Nc2ccc(Cl)cn2)c1NC(=O)c1ccc(C(=N)N2CCCC2)cc1F. The molecular weight excluding hydrogens is 612 g/mol. The maximum atomic E-state index is 15.0. The molecule has 8 nitrogen and oxygen atoms in total. The van der Waals surface area contributed by atoms with Crippen molar-refractivity contribution in [3.63, 3.8) is 0 Å². The molecule has 37 heavy (non-hydrogen) atoms. The van der Waals surface area contributed by atoms with Crippen molar-refractivity contribution in [1.82, 2.24) is 9.88 Å². The normalized spacial score (nSPS) is 12.8. The number of nitrogens with zero attached hydrogens (tertiary/aromatic N) is 2. The third-order valence-corrected chi connectivity index (χ3v) is 7.00. The summed E-state index contributed by atoms with van der Waals surface area (Å²) in [5.41, 5.74) is 1.20. The summed E-state index contributed by atoms with van der Waals surface area (Å²) in [4.78, 5) is 32.3. The number of aromatic nitrogens is 1. The molecule has 1 aliphatic heterocycles. The van der Waals surface area contributed by atoms with E-state index in [1.807, 2.05) is 4.90 Å². The van der Waals surface area contributed by atoms with E-state index >= 15 is 4.39 Å². The Hall–Kier alpha value is -3.25. The van der Waals surface area contributed by atoms with Gasteiger partial charge in [0.15, 0.2) is 0 Å². The van der Waals surface area contributed by atoms with Gasteiger partial charge in [0.2, 0.25) is 0 Å². The molecule has 2 heterocycles. The number of methoxy groups -OCH3 is 1. The van der Waals surface area contributed by atoms with Gasteiger partial charge in [-0.15, -0.1) is 0 Å². The number of likely N-dealkylation sites (tertiary alicyclic amines) is 1. The molecule has 192 valence electrons. The van der Waals surface area contributed by atoms with E-state index < -0.39 is 17.6 Å². The van der Waals surface area contributed by atoms with Crippen LogP contribution in [0.2, 0.25) is 5.02 Å². The molecular formula is C26H24ClFIN5O3. The molecule has 3 aromatic rings. The molecule has 1 aromatic heterocycles. The summed E-state index contributed by atoms with van der Waals surface area (Å²) < 4.78 is 21.1. The number of benzene rings is 2. The Bertz CT molecular complexity index is 1350. The van der Waals surface area contributed by atoms with Gasteiger partial charge < -0.3 is 20.3 Å². The van der Waals surface area contributed by atoms with Crippen molar-refractivity contribution in [2.45, 2.75) is 17.3 Å². The number of nitrogens with one attached hydrogen (secondary N) is 3. The molecule has 0 spiro atoms. The lowest BCUT2D eigenvalue weighted by Crippen LogP contribution is -2.28. The minimum absolute atomic E-state index is 0.0980. The largest absolute Gasteiger partial charge is 0.495 e. The fourth-order valence-corrected chi connectivity index (χ4v) is 4.55. The molecule has 0 saturated carbocycles. The second-order valence-electron chi connectivity index (χ2n) is 8.36. The van der Waals surface area contributed by atoms with E-state index in [1.165, 1.54) is 25.4 Å². The monoisotopic (exact) mass is 635 g/mol. The number of carbonyl (C=O) groups is 2. The van der Waals surface area contributed by atoms with Crippen LogP contribution in [0.3, 0.4) is 0 Å². The van der Waals surface area contributed by atoms with Crippen molar-refractivity contribution in [3.05, 3.63) is 81.8 Å². The van der Waals surface area contributed by atoms with Gasteiger partial charge in [-0.2, -0.15) is 0 Å². The van der Waals surface area contributed by atoms with Gasteiger partial charge in [-0.3, -0.25) is 15.0 Å². The summed E-state index contributed by atoms with van der Waals surface area (Å²) in [6.45, 7) is 1.51. The van der Waals surface area contributed by atoms with Gasteiger partial charge in [-0.1, -0.05) is 40.3 Å². The van der Waals surface area contributed by atoms with Crippen molar-refractivity contribution < 1.29 is 18.7 Å². The third kappa shape index (κ3) is 6.19. The molecule has 0 aliphatic carbocycles. The number of ether oxygens (including phenoxy) is 1. The van der Waals surface area contributed by atoms with Crippen LogP contribution < -0.4 is 15.4 Å². The number of amides is 2.